The number of nitrogens with zero attached hydrogens (tertiary/aromatic N) is 2. The van der Waals surface area contributed by atoms with Crippen LogP contribution in [0.3, 0.4) is 0 Å². The molecule has 2 saturated carbocycles. The first-order valence-electron chi connectivity index (χ1n) is 12.4. The van der Waals surface area contributed by atoms with Crippen molar-refractivity contribution < 1.29 is 23.1 Å². The van der Waals surface area contributed by atoms with Gasteiger partial charge in [-0.25, -0.2) is 8.42 Å². The molecule has 0 spiro atoms. The van der Waals surface area contributed by atoms with E-state index in [4.69, 9.17) is 4.74 Å². The number of benzene rings is 1. The molecular weight excluding hydrogens is 452 g/mol. The van der Waals surface area contributed by atoms with E-state index in [0.29, 0.717) is 12.5 Å². The second-order valence-electron chi connectivity index (χ2n) is 10.1. The summed E-state index contributed by atoms with van der Waals surface area (Å²) in [6.45, 7) is 3.92. The largest absolute Gasteiger partial charge is 0.487 e. The average Bonchev–Trinajstić information content (AvgIpc) is 3.53. The van der Waals surface area contributed by atoms with Gasteiger partial charge in [0.2, 0.25) is 15.9 Å². The molecule has 2 aliphatic carbocycles. The van der Waals surface area contributed by atoms with Gasteiger partial charge in [-0.2, -0.15) is 4.31 Å². The number of carbonyl (C=O) groups excluding carboxylic acids is 1. The van der Waals surface area contributed by atoms with Crippen LogP contribution in [0.4, 0.5) is 0 Å². The van der Waals surface area contributed by atoms with E-state index in [1.54, 1.807) is 37.1 Å². The number of amides is 1. The molecular formula is C26H36N2O5S. The first-order chi connectivity index (χ1) is 16.2. The van der Waals surface area contributed by atoms with Gasteiger partial charge in [-0.3, -0.25) is 4.79 Å². The van der Waals surface area contributed by atoms with Crippen LogP contribution >= 0.6 is 0 Å². The minimum absolute atomic E-state index is 0.0762. The molecule has 34 heavy (non-hydrogen) atoms. The maximum atomic E-state index is 13.6. The summed E-state index contributed by atoms with van der Waals surface area (Å²) in [5, 5.41) is 9.78. The maximum Gasteiger partial charge on any atom is 0.247 e. The number of aliphatic hydroxyl groups excluding tert-OH is 1. The Morgan fingerprint density at radius 1 is 1.26 bits per heavy atom. The van der Waals surface area contributed by atoms with Crippen LogP contribution in [-0.4, -0.2) is 67.5 Å². The molecule has 1 aromatic carbocycles. The quantitative estimate of drug-likeness (QED) is 0.644. The number of fused-ring (bicyclic) bond motifs is 1. The molecule has 2 fully saturated rings. The Hall–Kier alpha value is -2.08. The van der Waals surface area contributed by atoms with E-state index < -0.39 is 22.2 Å². The third-order valence-electron chi connectivity index (χ3n) is 7.20. The summed E-state index contributed by atoms with van der Waals surface area (Å²) in [4.78, 5) is 14.4. The van der Waals surface area contributed by atoms with Crippen molar-refractivity contribution in [3.63, 3.8) is 0 Å². The fourth-order valence-electron chi connectivity index (χ4n) is 4.78. The summed E-state index contributed by atoms with van der Waals surface area (Å²) in [6.07, 6.45) is 6.09. The van der Waals surface area contributed by atoms with Crippen molar-refractivity contribution in [1.82, 2.24) is 9.21 Å². The van der Waals surface area contributed by atoms with E-state index in [0.717, 1.165) is 31.2 Å². The minimum atomic E-state index is -3.89. The summed E-state index contributed by atoms with van der Waals surface area (Å²) in [5.41, 5.74) is 0.719. The molecule has 7 nitrogen and oxygen atoms in total. The lowest BCUT2D eigenvalue weighted by Gasteiger charge is -2.37. The zero-order valence-corrected chi connectivity index (χ0v) is 21.2. The second-order valence-corrected chi connectivity index (χ2v) is 12.0. The number of rotatable bonds is 5. The number of hydrogen-bond acceptors (Lipinski definition) is 5. The molecule has 1 N–H and O–H groups in total. The lowest BCUT2D eigenvalue weighted by Crippen LogP contribution is -2.50. The van der Waals surface area contributed by atoms with Crippen LogP contribution in [0.5, 0.6) is 5.75 Å². The van der Waals surface area contributed by atoms with Crippen LogP contribution in [0.25, 0.3) is 0 Å². The van der Waals surface area contributed by atoms with Gasteiger partial charge >= 0.3 is 0 Å². The number of hydrogen-bond donors (Lipinski definition) is 1. The van der Waals surface area contributed by atoms with E-state index in [1.165, 1.54) is 17.1 Å². The summed E-state index contributed by atoms with van der Waals surface area (Å²) < 4.78 is 34.9. The highest BCUT2D eigenvalue weighted by Gasteiger charge is 2.39. The van der Waals surface area contributed by atoms with Crippen LogP contribution in [-0.2, 0) is 14.8 Å². The van der Waals surface area contributed by atoms with E-state index in [-0.39, 0.29) is 41.5 Å². The molecule has 8 heteroatoms. The molecule has 0 saturated heterocycles. The van der Waals surface area contributed by atoms with Gasteiger partial charge < -0.3 is 14.7 Å². The van der Waals surface area contributed by atoms with Crippen molar-refractivity contribution in [2.75, 3.05) is 26.7 Å². The van der Waals surface area contributed by atoms with Crippen molar-refractivity contribution in [3.8, 4) is 17.6 Å². The monoisotopic (exact) mass is 488 g/mol. The van der Waals surface area contributed by atoms with Crippen LogP contribution in [0.2, 0.25) is 0 Å². The Morgan fingerprint density at radius 3 is 2.62 bits per heavy atom. The number of likely N-dealkylation sites (N-methyl/N-ethyl adjacent to an activating group) is 1. The highest BCUT2D eigenvalue weighted by atomic mass is 32.2. The zero-order chi connectivity index (χ0) is 24.5. The highest BCUT2D eigenvalue weighted by Crippen LogP contribution is 2.35. The van der Waals surface area contributed by atoms with Crippen molar-refractivity contribution in [2.24, 2.45) is 17.8 Å². The highest BCUT2D eigenvalue weighted by molar-refractivity contribution is 7.89. The second kappa shape index (κ2) is 10.3. The van der Waals surface area contributed by atoms with E-state index in [1.807, 2.05) is 6.92 Å². The van der Waals surface area contributed by atoms with Gasteiger partial charge in [0.1, 0.15) is 16.7 Å². The summed E-state index contributed by atoms with van der Waals surface area (Å²) in [7, 11) is -2.10. The number of carbonyl (C=O) groups is 1. The Morgan fingerprint density at radius 2 is 1.97 bits per heavy atom. The molecule has 1 amide bonds. The van der Waals surface area contributed by atoms with Crippen LogP contribution in [0.1, 0.15) is 57.9 Å². The van der Waals surface area contributed by atoms with Gasteiger partial charge in [0.15, 0.2) is 0 Å². The fraction of sp³-hybridized carbons (Fsp3) is 0.654. The van der Waals surface area contributed by atoms with Crippen molar-refractivity contribution >= 4 is 15.9 Å². The summed E-state index contributed by atoms with van der Waals surface area (Å²) >= 11 is 0. The van der Waals surface area contributed by atoms with Gasteiger partial charge in [-0.1, -0.05) is 31.6 Å². The van der Waals surface area contributed by atoms with Gasteiger partial charge in [-0.05, 0) is 50.8 Å². The zero-order valence-electron chi connectivity index (χ0n) is 20.4. The van der Waals surface area contributed by atoms with E-state index >= 15 is 0 Å². The summed E-state index contributed by atoms with van der Waals surface area (Å²) in [5.74, 6) is 7.21. The topological polar surface area (TPSA) is 87.2 Å². The van der Waals surface area contributed by atoms with Gasteiger partial charge in [0.25, 0.3) is 0 Å². The minimum Gasteiger partial charge on any atom is -0.487 e. The number of ether oxygens (including phenoxy) is 1. The third kappa shape index (κ3) is 5.42. The fourth-order valence-corrected chi connectivity index (χ4v) is 6.60. The van der Waals surface area contributed by atoms with Crippen molar-refractivity contribution in [2.45, 2.75) is 69.4 Å². The summed E-state index contributed by atoms with van der Waals surface area (Å²) in [6, 6.07) is 4.43. The first-order valence-corrected chi connectivity index (χ1v) is 13.8. The molecule has 4 rings (SSSR count). The molecule has 1 aliphatic heterocycles. The smallest absolute Gasteiger partial charge is 0.247 e. The molecule has 0 radical (unpaired) electrons. The van der Waals surface area contributed by atoms with E-state index in [9.17, 15) is 18.3 Å². The van der Waals surface area contributed by atoms with Gasteiger partial charge in [-0.15, -0.1) is 0 Å². The van der Waals surface area contributed by atoms with Crippen LogP contribution in [0.15, 0.2) is 23.1 Å². The Balaban J connectivity index is 1.69. The predicted molar refractivity (Wildman–Crippen MR) is 130 cm³/mol. The third-order valence-corrected chi connectivity index (χ3v) is 9.22. The van der Waals surface area contributed by atoms with Crippen molar-refractivity contribution in [1.29, 1.82) is 0 Å². The molecule has 186 valence electrons. The lowest BCUT2D eigenvalue weighted by molar-refractivity contribution is -0.132. The number of sulfonamides is 1. The molecule has 0 bridgehead atoms. The maximum absolute atomic E-state index is 13.6. The van der Waals surface area contributed by atoms with Gasteiger partial charge in [0, 0.05) is 43.0 Å². The Bertz CT molecular complexity index is 1070. The molecule has 0 unspecified atom stereocenters. The predicted octanol–water partition coefficient (Wildman–Crippen LogP) is 2.87. The van der Waals surface area contributed by atoms with Crippen LogP contribution in [0, 0.1) is 29.6 Å². The SMILES string of the molecule is C[C@@H]1CN([C@@H](C)CO)S(=O)(=O)c2ccc(C#CC3CCCC3)cc2O[C@H]1CN(C)C(=O)C1CC1. The van der Waals surface area contributed by atoms with Crippen molar-refractivity contribution in [3.05, 3.63) is 23.8 Å². The molecule has 1 heterocycles. The molecule has 1 aromatic rings. The lowest BCUT2D eigenvalue weighted by atomic mass is 10.0. The molecule has 3 aliphatic rings. The standard InChI is InChI=1S/C26H36N2O5S/c1-18-15-28(19(2)17-29)34(31,32)25-13-10-21(9-8-20-6-4-5-7-20)14-23(25)33-24(18)16-27(3)26(30)22-11-12-22/h10,13-14,18-20,22,24,29H,4-7,11-12,15-17H2,1-3H3/t18-,19+,24+/m1/s1. The van der Waals surface area contributed by atoms with Crippen LogP contribution < -0.4 is 4.74 Å². The number of aliphatic hydroxyl groups is 1. The Labute approximate surface area is 203 Å². The average molecular weight is 489 g/mol. The van der Waals surface area contributed by atoms with E-state index in [2.05, 4.69) is 11.8 Å². The normalized spacial score (nSPS) is 25.8. The molecule has 3 atom stereocenters. The van der Waals surface area contributed by atoms with Gasteiger partial charge in [0.05, 0.1) is 13.2 Å². The molecule has 0 aromatic heterocycles. The first kappa shape index (κ1) is 25.0. The Kier molecular flexibility index (Phi) is 7.56.